The van der Waals surface area contributed by atoms with Gasteiger partial charge >= 0.3 is 0 Å². The molecule has 2 aliphatic carbocycles. The second-order valence-corrected chi connectivity index (χ2v) is 17.4. The summed E-state index contributed by atoms with van der Waals surface area (Å²) in [5, 5.41) is 8.22. The van der Waals surface area contributed by atoms with Crippen molar-refractivity contribution in [3.8, 4) is 0 Å². The Morgan fingerprint density at radius 2 is 1.55 bits per heavy atom. The Morgan fingerprint density at radius 1 is 0.936 bits per heavy atom. The Morgan fingerprint density at radius 3 is 2.13 bits per heavy atom. The first-order valence-corrected chi connectivity index (χ1v) is 17.7. The first-order valence-electron chi connectivity index (χ1n) is 17.0. The summed E-state index contributed by atoms with van der Waals surface area (Å²) >= 11 is 13.1. The number of amides is 4. The van der Waals surface area contributed by atoms with Gasteiger partial charge in [0.25, 0.3) is 5.91 Å². The van der Waals surface area contributed by atoms with E-state index >= 15 is 0 Å². The summed E-state index contributed by atoms with van der Waals surface area (Å²) in [7, 11) is 0. The number of halogens is 2. The predicted molar refractivity (Wildman–Crippen MR) is 183 cm³/mol. The molecule has 1 saturated heterocycles. The number of rotatable bonds is 15. The van der Waals surface area contributed by atoms with Crippen LogP contribution < -0.4 is 16.0 Å². The molecule has 0 aromatic heterocycles. The number of carbonyl (C=O) groups is 6. The van der Waals surface area contributed by atoms with Gasteiger partial charge in [0.05, 0.1) is 6.04 Å². The van der Waals surface area contributed by atoms with E-state index in [9.17, 15) is 28.8 Å². The first-order chi connectivity index (χ1) is 21.8. The lowest BCUT2D eigenvalue weighted by Gasteiger charge is -2.37. The summed E-state index contributed by atoms with van der Waals surface area (Å²) in [6.45, 7) is 15.5. The van der Waals surface area contributed by atoms with Gasteiger partial charge in [0.15, 0.2) is 0 Å². The van der Waals surface area contributed by atoms with E-state index in [-0.39, 0.29) is 72.6 Å². The number of hydrogen-bond acceptors (Lipinski definition) is 6. The molecule has 2 saturated carbocycles. The second-order valence-electron chi connectivity index (χ2n) is 16.0. The number of allylic oxidation sites excluding steroid dienone is 1. The molecule has 0 bridgehead atoms. The van der Waals surface area contributed by atoms with Crippen LogP contribution >= 0.6 is 23.2 Å². The van der Waals surface area contributed by atoms with Crippen LogP contribution in [0.15, 0.2) is 12.7 Å². The zero-order chi connectivity index (χ0) is 35.3. The molecule has 5 atom stereocenters. The highest BCUT2D eigenvalue weighted by atomic mass is 35.5. The number of Topliss-reactive ketones (excluding diaryl/α,β-unsaturated/α-hetero) is 2. The SMILES string of the molecule is C=CCCC(NC(=O)[C@@H]1[C@@H]2[C@H](CN1C(=O)[C@@H](NC(=O)CC(C)(C)C)C1CCCCC1)C2(Cl)Cl)C(=O)C(=O)NCCC(=O)CC(C)(C)C. The zero-order valence-corrected chi connectivity index (χ0v) is 30.4. The largest absolute Gasteiger partial charge is 0.349 e. The quantitative estimate of drug-likeness (QED) is 0.129. The maximum atomic E-state index is 14.3. The third-order valence-corrected chi connectivity index (χ3v) is 10.3. The number of alkyl halides is 2. The van der Waals surface area contributed by atoms with Gasteiger partial charge in [0, 0.05) is 44.2 Å². The van der Waals surface area contributed by atoms with E-state index in [1.807, 2.05) is 41.5 Å². The Balaban J connectivity index is 1.77. The Bertz CT molecular complexity index is 1220. The smallest absolute Gasteiger partial charge is 0.289 e. The van der Waals surface area contributed by atoms with Crippen molar-refractivity contribution in [2.24, 2.45) is 28.6 Å². The van der Waals surface area contributed by atoms with Crippen LogP contribution in [-0.2, 0) is 28.8 Å². The number of fused-ring (bicyclic) bond motifs is 1. The number of ketones is 2. The average molecular weight is 698 g/mol. The van der Waals surface area contributed by atoms with E-state index in [0.717, 1.165) is 32.1 Å². The lowest BCUT2D eigenvalue weighted by molar-refractivity contribution is -0.145. The van der Waals surface area contributed by atoms with Crippen molar-refractivity contribution in [1.29, 1.82) is 0 Å². The number of nitrogens with zero attached hydrogens (tertiary/aromatic N) is 1. The normalized spacial score (nSPS) is 23.6. The fraction of sp³-hybridized carbons (Fsp3) is 0.771. The summed E-state index contributed by atoms with van der Waals surface area (Å²) in [4.78, 5) is 81.1. The number of carbonyl (C=O) groups excluding carboxylic acids is 6. The summed E-state index contributed by atoms with van der Waals surface area (Å²) in [6.07, 6.45) is 7.24. The molecule has 0 aromatic carbocycles. The van der Waals surface area contributed by atoms with Gasteiger partial charge in [-0.2, -0.15) is 0 Å². The standard InChI is InChI=1S/C35H54Cl2N4O6/c1-8-9-15-24(29(44)31(46)38-17-16-22(42)18-33(2,3)4)39-30(45)28-26-23(35(26,36)37)20-41(28)32(47)27(21-13-11-10-12-14-21)40-25(43)19-34(5,6)7/h8,21,23-24,26-28H,1,9-20H2,2-7H3,(H,38,46)(H,39,45)(H,40,43)/t23-,24?,26-,27-,28-/m0/s1. The summed E-state index contributed by atoms with van der Waals surface area (Å²) in [5.41, 5.74) is -0.467. The molecule has 1 unspecified atom stereocenters. The number of piperidine rings is 1. The molecule has 0 aromatic rings. The third kappa shape index (κ3) is 10.8. The van der Waals surface area contributed by atoms with Gasteiger partial charge in [-0.3, -0.25) is 28.8 Å². The molecule has 264 valence electrons. The average Bonchev–Trinajstić information content (AvgIpc) is 3.26. The van der Waals surface area contributed by atoms with Crippen molar-refractivity contribution in [3.05, 3.63) is 12.7 Å². The van der Waals surface area contributed by atoms with E-state index in [1.54, 1.807) is 6.08 Å². The first kappa shape index (κ1) is 39.0. The highest BCUT2D eigenvalue weighted by Crippen LogP contribution is 2.65. The van der Waals surface area contributed by atoms with Gasteiger partial charge in [0.2, 0.25) is 23.5 Å². The van der Waals surface area contributed by atoms with Gasteiger partial charge in [-0.1, -0.05) is 66.9 Å². The van der Waals surface area contributed by atoms with Gasteiger partial charge < -0.3 is 20.9 Å². The van der Waals surface area contributed by atoms with E-state index in [0.29, 0.717) is 12.8 Å². The van der Waals surface area contributed by atoms with Crippen molar-refractivity contribution >= 4 is 58.4 Å². The Kier molecular flexibility index (Phi) is 13.1. The van der Waals surface area contributed by atoms with Crippen LogP contribution in [0, 0.1) is 28.6 Å². The van der Waals surface area contributed by atoms with Crippen molar-refractivity contribution in [2.45, 2.75) is 128 Å². The number of nitrogens with one attached hydrogen (secondary N) is 3. The second kappa shape index (κ2) is 15.8. The number of hydrogen-bond donors (Lipinski definition) is 3. The Hall–Kier alpha value is -2.46. The predicted octanol–water partition coefficient (Wildman–Crippen LogP) is 4.65. The molecule has 0 radical (unpaired) electrons. The van der Waals surface area contributed by atoms with E-state index in [1.165, 1.54) is 4.90 Å². The molecule has 0 spiro atoms. The number of likely N-dealkylation sites (tertiary alicyclic amines) is 1. The molecule has 3 rings (SSSR count). The molecule has 47 heavy (non-hydrogen) atoms. The van der Waals surface area contributed by atoms with Crippen LogP contribution in [0.5, 0.6) is 0 Å². The van der Waals surface area contributed by atoms with Crippen LogP contribution in [0.1, 0.15) is 106 Å². The van der Waals surface area contributed by atoms with E-state index in [4.69, 9.17) is 23.2 Å². The van der Waals surface area contributed by atoms with Crippen LogP contribution in [0.25, 0.3) is 0 Å². The topological polar surface area (TPSA) is 142 Å². The lowest BCUT2D eigenvalue weighted by atomic mass is 9.82. The molecule has 12 heteroatoms. The fourth-order valence-electron chi connectivity index (χ4n) is 6.92. The molecular weight excluding hydrogens is 643 g/mol. The van der Waals surface area contributed by atoms with Crippen LogP contribution in [0.3, 0.4) is 0 Å². The third-order valence-electron chi connectivity index (χ3n) is 9.21. The van der Waals surface area contributed by atoms with Crippen molar-refractivity contribution < 1.29 is 28.8 Å². The van der Waals surface area contributed by atoms with Crippen molar-refractivity contribution in [1.82, 2.24) is 20.9 Å². The molecule has 3 fully saturated rings. The van der Waals surface area contributed by atoms with Crippen LogP contribution in [0.4, 0.5) is 0 Å². The minimum atomic E-state index is -1.22. The molecule has 1 heterocycles. The van der Waals surface area contributed by atoms with Gasteiger partial charge in [-0.15, -0.1) is 29.8 Å². The minimum absolute atomic E-state index is 0.000769. The Labute approximate surface area is 289 Å². The molecule has 3 N–H and O–H groups in total. The highest BCUT2D eigenvalue weighted by molar-refractivity contribution is 6.51. The lowest BCUT2D eigenvalue weighted by Crippen LogP contribution is -2.59. The van der Waals surface area contributed by atoms with Crippen LogP contribution in [0.2, 0.25) is 0 Å². The molecule has 1 aliphatic heterocycles. The van der Waals surface area contributed by atoms with Crippen LogP contribution in [-0.4, -0.2) is 75.6 Å². The fourth-order valence-corrected chi connectivity index (χ4v) is 7.74. The molecule has 3 aliphatic rings. The van der Waals surface area contributed by atoms with Gasteiger partial charge in [-0.25, -0.2) is 0 Å². The summed E-state index contributed by atoms with van der Waals surface area (Å²) < 4.78 is -1.22. The van der Waals surface area contributed by atoms with E-state index < -0.39 is 46.0 Å². The van der Waals surface area contributed by atoms with Gasteiger partial charge in [-0.05, 0) is 42.4 Å². The monoisotopic (exact) mass is 696 g/mol. The zero-order valence-electron chi connectivity index (χ0n) is 28.9. The molecule has 10 nitrogen and oxygen atoms in total. The minimum Gasteiger partial charge on any atom is -0.349 e. The summed E-state index contributed by atoms with van der Waals surface area (Å²) in [5.74, 6) is -3.99. The van der Waals surface area contributed by atoms with E-state index in [2.05, 4.69) is 22.5 Å². The molecule has 4 amide bonds. The maximum absolute atomic E-state index is 14.3. The molecular formula is C35H54Cl2N4O6. The summed E-state index contributed by atoms with van der Waals surface area (Å²) in [6, 6.07) is -3.07. The maximum Gasteiger partial charge on any atom is 0.289 e. The van der Waals surface area contributed by atoms with Crippen molar-refractivity contribution in [2.75, 3.05) is 13.1 Å². The highest BCUT2D eigenvalue weighted by Gasteiger charge is 2.74. The van der Waals surface area contributed by atoms with Gasteiger partial charge in [0.1, 0.15) is 22.2 Å². The van der Waals surface area contributed by atoms with Crippen molar-refractivity contribution in [3.63, 3.8) is 0 Å².